The molecule has 3 fully saturated rings. The van der Waals surface area contributed by atoms with E-state index in [1.54, 1.807) is 12.2 Å². The van der Waals surface area contributed by atoms with Gasteiger partial charge in [0.05, 0.1) is 12.7 Å². The molecule has 0 aromatic heterocycles. The van der Waals surface area contributed by atoms with Crippen LogP contribution in [0.25, 0.3) is 0 Å². The molecule has 7 heteroatoms. The van der Waals surface area contributed by atoms with Gasteiger partial charge in [0.2, 0.25) is 0 Å². The highest BCUT2D eigenvalue weighted by atomic mass is 16.5. The molecule has 0 aliphatic heterocycles. The Balaban J connectivity index is 0.000000406. The van der Waals surface area contributed by atoms with Gasteiger partial charge in [0.15, 0.2) is 11.6 Å². The predicted octanol–water partition coefficient (Wildman–Crippen LogP) is 2.76. The Morgan fingerprint density at radius 1 is 1.26 bits per heavy atom. The molecule has 0 radical (unpaired) electrons. The van der Waals surface area contributed by atoms with Crippen LogP contribution in [0.4, 0.5) is 0 Å². The minimum absolute atomic E-state index is 0.00620. The Morgan fingerprint density at radius 3 is 2.50 bits per heavy atom. The number of carbonyl (C=O) groups excluding carboxylic acids is 3. The van der Waals surface area contributed by atoms with Crippen LogP contribution >= 0.6 is 0 Å². The van der Waals surface area contributed by atoms with E-state index in [2.05, 4.69) is 18.6 Å². The molecular formula is C27H40O7. The molecule has 4 rings (SSSR count). The molecule has 8 atom stereocenters. The average molecular weight is 477 g/mol. The Kier molecular flexibility index (Phi) is 7.61. The number of aliphatic hydroxyl groups is 3. The largest absolute Gasteiger partial charge is 0.466 e. The summed E-state index contributed by atoms with van der Waals surface area (Å²) >= 11 is 0. The van der Waals surface area contributed by atoms with Gasteiger partial charge < -0.3 is 20.1 Å². The third-order valence-electron chi connectivity index (χ3n) is 9.08. The highest BCUT2D eigenvalue weighted by Crippen LogP contribution is 2.67. The van der Waals surface area contributed by atoms with Gasteiger partial charge in [-0.05, 0) is 62.0 Å². The fourth-order valence-corrected chi connectivity index (χ4v) is 7.59. The van der Waals surface area contributed by atoms with Crippen LogP contribution in [0.3, 0.4) is 0 Å². The van der Waals surface area contributed by atoms with Crippen molar-refractivity contribution in [2.45, 2.75) is 78.4 Å². The summed E-state index contributed by atoms with van der Waals surface area (Å²) in [6, 6.07) is 0. The fourth-order valence-electron chi connectivity index (χ4n) is 7.59. The van der Waals surface area contributed by atoms with Gasteiger partial charge in [-0.1, -0.05) is 39.3 Å². The van der Waals surface area contributed by atoms with Crippen LogP contribution in [0.15, 0.2) is 23.8 Å². The van der Waals surface area contributed by atoms with Crippen LogP contribution in [0, 0.1) is 34.5 Å². The summed E-state index contributed by atoms with van der Waals surface area (Å²) in [5, 5.41) is 31.9. The summed E-state index contributed by atoms with van der Waals surface area (Å²) in [5.41, 5.74) is -1.59. The first-order chi connectivity index (χ1) is 15.9. The predicted molar refractivity (Wildman–Crippen MR) is 127 cm³/mol. The second-order valence-electron chi connectivity index (χ2n) is 11.1. The number of aliphatic hydroxyl groups excluding tert-OH is 2. The van der Waals surface area contributed by atoms with E-state index in [1.165, 1.54) is 6.92 Å². The number of hydrogen-bond acceptors (Lipinski definition) is 7. The summed E-state index contributed by atoms with van der Waals surface area (Å²) in [5.74, 6) is -0.270. The highest BCUT2D eigenvalue weighted by molar-refractivity contribution is 6.01. The number of carbonyl (C=O) groups is 3. The molecule has 3 saturated carbocycles. The maximum absolute atomic E-state index is 12.4. The van der Waals surface area contributed by atoms with Crippen LogP contribution < -0.4 is 0 Å². The Labute approximate surface area is 202 Å². The molecule has 4 aliphatic rings. The molecular weight excluding hydrogens is 436 g/mol. The molecule has 0 spiro atoms. The van der Waals surface area contributed by atoms with E-state index >= 15 is 0 Å². The van der Waals surface area contributed by atoms with Crippen molar-refractivity contribution in [1.29, 1.82) is 0 Å². The van der Waals surface area contributed by atoms with Gasteiger partial charge in [0.25, 0.3) is 0 Å². The van der Waals surface area contributed by atoms with Crippen molar-refractivity contribution in [2.75, 3.05) is 13.2 Å². The second kappa shape index (κ2) is 9.67. The van der Waals surface area contributed by atoms with E-state index in [4.69, 9.17) is 0 Å². The van der Waals surface area contributed by atoms with Gasteiger partial charge in [0.1, 0.15) is 12.2 Å². The molecule has 0 bridgehead atoms. The number of ketones is 2. The van der Waals surface area contributed by atoms with E-state index in [1.807, 2.05) is 19.9 Å². The van der Waals surface area contributed by atoms with Crippen molar-refractivity contribution < 1.29 is 34.4 Å². The summed E-state index contributed by atoms with van der Waals surface area (Å²) in [4.78, 5) is 34.3. The molecule has 0 aromatic rings. The monoisotopic (exact) mass is 476 g/mol. The average Bonchev–Trinajstić information content (AvgIpc) is 3.04. The number of Topliss-reactive ketones (excluding diaryl/α,β-unsaturated/α-hetero) is 1. The lowest BCUT2D eigenvalue weighted by Gasteiger charge is -2.60. The van der Waals surface area contributed by atoms with Crippen LogP contribution in [-0.4, -0.2) is 57.8 Å². The second-order valence-corrected chi connectivity index (χ2v) is 11.1. The van der Waals surface area contributed by atoms with Crippen molar-refractivity contribution >= 4 is 17.5 Å². The summed E-state index contributed by atoms with van der Waals surface area (Å²) in [7, 11) is 0. The minimum atomic E-state index is -1.57. The maximum Gasteiger partial charge on any atom is 0.302 e. The van der Waals surface area contributed by atoms with Crippen molar-refractivity contribution in [3.63, 3.8) is 0 Å². The first-order valence-corrected chi connectivity index (χ1v) is 12.5. The van der Waals surface area contributed by atoms with Crippen LogP contribution in [-0.2, 0) is 19.1 Å². The summed E-state index contributed by atoms with van der Waals surface area (Å²) in [6.07, 6.45) is 7.77. The zero-order chi connectivity index (χ0) is 25.5. The van der Waals surface area contributed by atoms with E-state index in [9.17, 15) is 29.7 Å². The van der Waals surface area contributed by atoms with E-state index < -0.39 is 29.5 Å². The molecule has 0 unspecified atom stereocenters. The lowest BCUT2D eigenvalue weighted by Crippen LogP contribution is -2.62. The number of allylic oxidation sites excluding steroid dienone is 4. The Hall–Kier alpha value is -1.83. The number of fused-ring (bicyclic) bond motifs is 5. The molecule has 7 nitrogen and oxygen atoms in total. The maximum atomic E-state index is 12.4. The third kappa shape index (κ3) is 4.20. The molecule has 0 heterocycles. The van der Waals surface area contributed by atoms with Gasteiger partial charge in [-0.3, -0.25) is 14.4 Å². The highest BCUT2D eigenvalue weighted by Gasteiger charge is 2.68. The summed E-state index contributed by atoms with van der Waals surface area (Å²) in [6.45, 7) is 9.41. The zero-order valence-corrected chi connectivity index (χ0v) is 21.0. The van der Waals surface area contributed by atoms with Crippen LogP contribution in [0.2, 0.25) is 0 Å². The molecule has 0 amide bonds. The van der Waals surface area contributed by atoms with Crippen molar-refractivity contribution in [3.05, 3.63) is 23.8 Å². The SMILES string of the molecule is CCCOC(C)=O.C[C@H]1C[C@@H]2[C@H]([C@@H](O)C[C@@]3(C)[C@H]2CC[C@]3(O)C(=O)CO)[C@@]2(C)C=CC(=O)C=C12. The molecule has 3 N–H and O–H groups in total. The topological polar surface area (TPSA) is 121 Å². The fraction of sp³-hybridized carbons (Fsp3) is 0.741. The standard InChI is InChI=1S/C22H30O5.C5H10O2/c1-12-8-14-15-5-7-22(27,18(26)11-23)21(15,3)10-17(25)19(14)20(2)6-4-13(24)9-16(12)20;1-3-4-7-5(2)6/h4,6,9,12,14-15,17,19,23,25,27H,5,7-8,10-11H2,1-3H3;3-4H2,1-2H3/t12-,14-,15-,17-,19+,20-,21-,22-;/m0./s1. The van der Waals surface area contributed by atoms with Gasteiger partial charge in [-0.25, -0.2) is 0 Å². The minimum Gasteiger partial charge on any atom is -0.466 e. The Bertz CT molecular complexity index is 891. The number of esters is 1. The molecule has 0 aromatic carbocycles. The zero-order valence-electron chi connectivity index (χ0n) is 21.0. The quantitative estimate of drug-likeness (QED) is 0.534. The Morgan fingerprint density at radius 2 is 1.94 bits per heavy atom. The van der Waals surface area contributed by atoms with Gasteiger partial charge in [0, 0.05) is 23.7 Å². The first kappa shape index (κ1) is 26.8. The molecule has 4 aliphatic carbocycles. The van der Waals surface area contributed by atoms with E-state index in [0.717, 1.165) is 24.8 Å². The smallest absolute Gasteiger partial charge is 0.302 e. The van der Waals surface area contributed by atoms with Gasteiger partial charge in [-0.2, -0.15) is 0 Å². The van der Waals surface area contributed by atoms with Crippen LogP contribution in [0.5, 0.6) is 0 Å². The number of hydrogen-bond donors (Lipinski definition) is 3. The van der Waals surface area contributed by atoms with Gasteiger partial charge in [-0.15, -0.1) is 0 Å². The van der Waals surface area contributed by atoms with E-state index in [-0.39, 0.29) is 40.8 Å². The lowest BCUT2D eigenvalue weighted by atomic mass is 9.45. The number of ether oxygens (including phenoxy) is 1. The molecule has 190 valence electrons. The normalized spacial score (nSPS) is 42.4. The third-order valence-corrected chi connectivity index (χ3v) is 9.08. The van der Waals surface area contributed by atoms with Gasteiger partial charge >= 0.3 is 5.97 Å². The van der Waals surface area contributed by atoms with Crippen molar-refractivity contribution in [3.8, 4) is 0 Å². The van der Waals surface area contributed by atoms with E-state index in [0.29, 0.717) is 19.4 Å². The number of rotatable bonds is 4. The van der Waals surface area contributed by atoms with Crippen molar-refractivity contribution in [1.82, 2.24) is 0 Å². The van der Waals surface area contributed by atoms with Crippen LogP contribution in [0.1, 0.15) is 66.7 Å². The summed E-state index contributed by atoms with van der Waals surface area (Å²) < 4.78 is 4.55. The van der Waals surface area contributed by atoms with Crippen molar-refractivity contribution in [2.24, 2.45) is 34.5 Å². The molecule has 0 saturated heterocycles. The lowest BCUT2D eigenvalue weighted by molar-refractivity contribution is -0.180. The first-order valence-electron chi connectivity index (χ1n) is 12.5. The molecule has 34 heavy (non-hydrogen) atoms.